The minimum Gasteiger partial charge on any atom is -0.480 e. The molecule has 1 aliphatic heterocycles. The summed E-state index contributed by atoms with van der Waals surface area (Å²) in [6.07, 6.45) is 5.74. The van der Waals surface area contributed by atoms with Gasteiger partial charge in [0, 0.05) is 42.0 Å². The van der Waals surface area contributed by atoms with Crippen molar-refractivity contribution < 1.29 is 29.4 Å². The minimum absolute atomic E-state index is 0.0190. The number of aromatic amines is 2. The highest BCUT2D eigenvalue weighted by Crippen LogP contribution is 2.20. The van der Waals surface area contributed by atoms with Crippen LogP contribution < -0.4 is 16.4 Å². The molecule has 0 spiro atoms. The van der Waals surface area contributed by atoms with Crippen molar-refractivity contribution in [2.24, 2.45) is 5.73 Å². The Morgan fingerprint density at radius 3 is 2.58 bits per heavy atom. The van der Waals surface area contributed by atoms with Gasteiger partial charge in [0.15, 0.2) is 0 Å². The van der Waals surface area contributed by atoms with E-state index in [9.17, 15) is 29.4 Å². The number of nitrogens with two attached hydrogens (primary N) is 1. The molecule has 13 nitrogen and oxygen atoms in total. The van der Waals surface area contributed by atoms with Crippen LogP contribution in [-0.2, 0) is 32.0 Å². The second kappa shape index (κ2) is 11.9. The second-order valence-corrected chi connectivity index (χ2v) is 9.28. The van der Waals surface area contributed by atoms with Crippen molar-refractivity contribution in [1.29, 1.82) is 0 Å². The van der Waals surface area contributed by atoms with E-state index >= 15 is 0 Å². The van der Waals surface area contributed by atoms with Gasteiger partial charge in [0.1, 0.15) is 18.1 Å². The van der Waals surface area contributed by atoms with Gasteiger partial charge in [0.2, 0.25) is 17.7 Å². The third-order valence-corrected chi connectivity index (χ3v) is 6.68. The van der Waals surface area contributed by atoms with E-state index in [1.165, 1.54) is 12.5 Å². The summed E-state index contributed by atoms with van der Waals surface area (Å²) in [5.74, 6) is -3.15. The second-order valence-electron chi connectivity index (χ2n) is 9.28. The number of carboxylic acid groups (broad SMARTS) is 1. The van der Waals surface area contributed by atoms with Crippen molar-refractivity contribution >= 4 is 34.6 Å². The number of rotatable bonds is 11. The number of carbonyl (C=O) groups is 4. The van der Waals surface area contributed by atoms with E-state index in [2.05, 4.69) is 25.6 Å². The number of nitrogens with zero attached hydrogens (tertiary/aromatic N) is 2. The van der Waals surface area contributed by atoms with Crippen LogP contribution in [0.4, 0.5) is 0 Å². The molecule has 2 aromatic heterocycles. The van der Waals surface area contributed by atoms with E-state index in [0.29, 0.717) is 18.5 Å². The van der Waals surface area contributed by atoms with Crippen LogP contribution in [0.3, 0.4) is 0 Å². The fourth-order valence-corrected chi connectivity index (χ4v) is 4.68. The fourth-order valence-electron chi connectivity index (χ4n) is 4.68. The molecule has 202 valence electrons. The molecule has 1 fully saturated rings. The van der Waals surface area contributed by atoms with Gasteiger partial charge in [0.25, 0.3) is 0 Å². The average molecular weight is 526 g/mol. The molecule has 38 heavy (non-hydrogen) atoms. The van der Waals surface area contributed by atoms with Gasteiger partial charge in [-0.1, -0.05) is 18.2 Å². The summed E-state index contributed by atoms with van der Waals surface area (Å²) in [4.78, 5) is 61.7. The van der Waals surface area contributed by atoms with E-state index in [1.807, 2.05) is 24.3 Å². The molecule has 3 amide bonds. The van der Waals surface area contributed by atoms with Gasteiger partial charge in [0.05, 0.1) is 19.0 Å². The van der Waals surface area contributed by atoms with Crippen LogP contribution in [-0.4, -0.2) is 91.1 Å². The number of hydrogen-bond donors (Lipinski definition) is 7. The number of imidazole rings is 1. The van der Waals surface area contributed by atoms with Crippen LogP contribution in [0.5, 0.6) is 0 Å². The molecule has 13 heteroatoms. The van der Waals surface area contributed by atoms with Gasteiger partial charge in [-0.15, -0.1) is 0 Å². The largest absolute Gasteiger partial charge is 0.480 e. The van der Waals surface area contributed by atoms with Crippen LogP contribution >= 0.6 is 0 Å². The number of nitrogens with one attached hydrogen (secondary N) is 4. The van der Waals surface area contributed by atoms with Gasteiger partial charge in [-0.3, -0.25) is 14.4 Å². The number of aliphatic carboxylic acids is 1. The Morgan fingerprint density at radius 2 is 1.87 bits per heavy atom. The van der Waals surface area contributed by atoms with E-state index in [-0.39, 0.29) is 19.4 Å². The Hall–Kier alpha value is -4.23. The topological polar surface area (TPSA) is 207 Å². The van der Waals surface area contributed by atoms with Gasteiger partial charge in [-0.25, -0.2) is 9.78 Å². The maximum absolute atomic E-state index is 13.2. The summed E-state index contributed by atoms with van der Waals surface area (Å²) < 4.78 is 0. The highest BCUT2D eigenvalue weighted by molar-refractivity contribution is 5.94. The molecule has 4 rings (SSSR count). The number of amides is 3. The molecule has 8 N–H and O–H groups in total. The number of H-pyrrole nitrogens is 2. The Kier molecular flexibility index (Phi) is 8.38. The molecule has 1 saturated heterocycles. The van der Waals surface area contributed by atoms with Gasteiger partial charge in [-0.2, -0.15) is 0 Å². The summed E-state index contributed by atoms with van der Waals surface area (Å²) >= 11 is 0. The molecule has 0 aliphatic carbocycles. The molecule has 0 saturated carbocycles. The number of aliphatic hydroxyl groups is 1. The zero-order valence-corrected chi connectivity index (χ0v) is 20.6. The molecule has 0 bridgehead atoms. The predicted octanol–water partition coefficient (Wildman–Crippen LogP) is -0.959. The quantitative estimate of drug-likeness (QED) is 0.166. The summed E-state index contributed by atoms with van der Waals surface area (Å²) in [6, 6.07) is 3.10. The maximum atomic E-state index is 13.2. The number of para-hydroxylation sites is 1. The van der Waals surface area contributed by atoms with Gasteiger partial charge < -0.3 is 41.4 Å². The summed E-state index contributed by atoms with van der Waals surface area (Å²) in [5.41, 5.74) is 8.50. The first-order valence-electron chi connectivity index (χ1n) is 12.3. The monoisotopic (exact) mass is 525 g/mol. The van der Waals surface area contributed by atoms with Crippen LogP contribution in [0, 0.1) is 0 Å². The first-order chi connectivity index (χ1) is 18.3. The number of hydrogen-bond acceptors (Lipinski definition) is 7. The molecule has 4 unspecified atom stereocenters. The van der Waals surface area contributed by atoms with Crippen LogP contribution in [0.1, 0.15) is 24.1 Å². The van der Waals surface area contributed by atoms with Gasteiger partial charge in [-0.05, 0) is 30.9 Å². The summed E-state index contributed by atoms with van der Waals surface area (Å²) in [7, 11) is 0. The molecular weight excluding hydrogens is 494 g/mol. The van der Waals surface area contributed by atoms with Crippen molar-refractivity contribution in [3.63, 3.8) is 0 Å². The van der Waals surface area contributed by atoms with Crippen molar-refractivity contribution in [1.82, 2.24) is 30.5 Å². The van der Waals surface area contributed by atoms with Crippen LogP contribution in [0.15, 0.2) is 43.0 Å². The molecule has 1 aliphatic rings. The zero-order valence-electron chi connectivity index (χ0n) is 20.6. The lowest BCUT2D eigenvalue weighted by Crippen LogP contribution is -2.58. The zero-order chi connectivity index (χ0) is 27.2. The first kappa shape index (κ1) is 26.8. The Bertz CT molecular complexity index is 1290. The highest BCUT2D eigenvalue weighted by atomic mass is 16.4. The lowest BCUT2D eigenvalue weighted by molar-refractivity contribution is -0.150. The lowest BCUT2D eigenvalue weighted by atomic mass is 10.0. The molecular formula is C25H31N7O6. The maximum Gasteiger partial charge on any atom is 0.326 e. The van der Waals surface area contributed by atoms with E-state index < -0.39 is 54.5 Å². The van der Waals surface area contributed by atoms with E-state index in [1.54, 1.807) is 6.20 Å². The SMILES string of the molecule is NC(Cc1c[nH]c2ccccc12)C(=O)NC(Cc1cnc[nH]1)C(=O)NC(CO)C(=O)N1CCCC1C(=O)O. The minimum atomic E-state index is -1.37. The average Bonchev–Trinajstić information content (AvgIpc) is 3.68. The molecule has 3 heterocycles. The summed E-state index contributed by atoms with van der Waals surface area (Å²) in [6.45, 7) is -0.530. The first-order valence-corrected chi connectivity index (χ1v) is 12.3. The van der Waals surface area contributed by atoms with Gasteiger partial charge >= 0.3 is 5.97 Å². The third-order valence-electron chi connectivity index (χ3n) is 6.68. The Morgan fingerprint density at radius 1 is 1.11 bits per heavy atom. The number of likely N-dealkylation sites (tertiary alicyclic amines) is 1. The van der Waals surface area contributed by atoms with Crippen molar-refractivity contribution in [2.45, 2.75) is 49.9 Å². The number of carboxylic acids is 1. The Labute approximate surface area is 217 Å². The standard InChI is InChI=1S/C25H31N7O6/c26-17(8-14-10-28-18-5-2-1-4-16(14)18)22(34)30-19(9-15-11-27-13-29-15)23(35)31-20(12-33)24(36)32-7-3-6-21(32)25(37)38/h1-2,4-5,10-11,13,17,19-21,28,33H,3,6-9,12,26H2,(H,27,29)(H,30,34)(H,31,35)(H,37,38). The van der Waals surface area contributed by atoms with Crippen LogP contribution in [0.25, 0.3) is 10.9 Å². The lowest BCUT2D eigenvalue weighted by Gasteiger charge is -2.28. The summed E-state index contributed by atoms with van der Waals surface area (Å²) in [5, 5.41) is 25.3. The Balaban J connectivity index is 1.45. The van der Waals surface area contributed by atoms with Crippen molar-refractivity contribution in [2.75, 3.05) is 13.2 Å². The smallest absolute Gasteiger partial charge is 0.326 e. The number of carbonyl (C=O) groups excluding carboxylic acids is 3. The molecule has 1 aromatic carbocycles. The fraction of sp³-hybridized carbons (Fsp3) is 0.400. The van der Waals surface area contributed by atoms with Crippen LogP contribution in [0.2, 0.25) is 0 Å². The number of aromatic nitrogens is 3. The third kappa shape index (κ3) is 6.01. The normalized spacial score (nSPS) is 17.6. The number of fused-ring (bicyclic) bond motifs is 1. The predicted molar refractivity (Wildman–Crippen MR) is 136 cm³/mol. The molecule has 4 atom stereocenters. The molecule has 3 aromatic rings. The van der Waals surface area contributed by atoms with E-state index in [0.717, 1.165) is 21.4 Å². The number of benzene rings is 1. The van der Waals surface area contributed by atoms with E-state index in [4.69, 9.17) is 5.73 Å². The highest BCUT2D eigenvalue weighted by Gasteiger charge is 2.38. The number of aliphatic hydroxyl groups excluding tert-OH is 1. The van der Waals surface area contributed by atoms with Crippen molar-refractivity contribution in [3.8, 4) is 0 Å². The molecule has 0 radical (unpaired) electrons. The van der Waals surface area contributed by atoms with Crippen molar-refractivity contribution in [3.05, 3.63) is 54.2 Å².